The lowest BCUT2D eigenvalue weighted by Crippen LogP contribution is -2.45. The zero-order chi connectivity index (χ0) is 52.2. The smallest absolute Gasteiger partial charge is 0.305 e. The molecule has 0 radical (unpaired) electrons. The first-order valence-corrected chi connectivity index (χ1v) is 32.2. The van der Waals surface area contributed by atoms with Crippen LogP contribution >= 0.6 is 0 Å². The molecule has 0 aliphatic rings. The molecule has 6 nitrogen and oxygen atoms in total. The molecule has 0 aliphatic heterocycles. The molecule has 0 heterocycles. The minimum atomic E-state index is -0.672. The van der Waals surface area contributed by atoms with Crippen LogP contribution in [0.3, 0.4) is 0 Å². The third-order valence-corrected chi connectivity index (χ3v) is 14.9. The highest BCUT2D eigenvalue weighted by atomic mass is 16.5. The lowest BCUT2D eigenvalue weighted by atomic mass is 10.0. The van der Waals surface area contributed by atoms with E-state index < -0.39 is 12.1 Å². The van der Waals surface area contributed by atoms with Crippen molar-refractivity contribution < 1.29 is 24.5 Å². The quantitative estimate of drug-likeness (QED) is 0.0320. The van der Waals surface area contributed by atoms with E-state index in [0.717, 1.165) is 57.8 Å². The number of aliphatic hydroxyl groups is 2. The number of carbonyl (C=O) groups is 2. The first-order chi connectivity index (χ1) is 35.5. The van der Waals surface area contributed by atoms with E-state index in [9.17, 15) is 19.8 Å². The van der Waals surface area contributed by atoms with E-state index in [2.05, 4.69) is 55.6 Å². The van der Waals surface area contributed by atoms with Gasteiger partial charge in [-0.1, -0.05) is 288 Å². The Hall–Kier alpha value is -1.92. The van der Waals surface area contributed by atoms with E-state index in [1.807, 2.05) is 0 Å². The zero-order valence-corrected chi connectivity index (χ0v) is 48.4. The number of allylic oxidation sites excluding steroid dienone is 6. The Kier molecular flexibility index (Phi) is 60.0. The van der Waals surface area contributed by atoms with Gasteiger partial charge in [0.05, 0.1) is 25.4 Å². The van der Waals surface area contributed by atoms with Gasteiger partial charge in [-0.2, -0.15) is 0 Å². The highest BCUT2D eigenvalue weighted by molar-refractivity contribution is 5.76. The summed E-state index contributed by atoms with van der Waals surface area (Å²) in [7, 11) is 0. The van der Waals surface area contributed by atoms with Gasteiger partial charge in [0.1, 0.15) is 0 Å². The summed E-state index contributed by atoms with van der Waals surface area (Å²) in [4.78, 5) is 24.6. The molecule has 0 spiro atoms. The fourth-order valence-corrected chi connectivity index (χ4v) is 9.96. The highest BCUT2D eigenvalue weighted by Crippen LogP contribution is 2.17. The largest absolute Gasteiger partial charge is 0.466 e. The van der Waals surface area contributed by atoms with Crippen LogP contribution in [0.15, 0.2) is 36.5 Å². The minimum Gasteiger partial charge on any atom is -0.466 e. The SMILES string of the molecule is CCCCCCCC/C=C\CCCCCCCC(=O)OCCCCCCCCCCC/C=C\C/C=C\CCCCCCCCCC(=O)NC(CO)C(O)CCCCCCCCCCCCCCCCCCC. The molecule has 0 aromatic carbocycles. The van der Waals surface area contributed by atoms with Crippen molar-refractivity contribution in [1.82, 2.24) is 5.32 Å². The first-order valence-electron chi connectivity index (χ1n) is 32.2. The number of esters is 1. The fourth-order valence-electron chi connectivity index (χ4n) is 9.96. The van der Waals surface area contributed by atoms with Gasteiger partial charge in [0, 0.05) is 12.8 Å². The van der Waals surface area contributed by atoms with E-state index in [0.29, 0.717) is 25.9 Å². The van der Waals surface area contributed by atoms with E-state index >= 15 is 0 Å². The summed E-state index contributed by atoms with van der Waals surface area (Å²) in [5.74, 6) is -0.0440. The Labute approximate surface area is 449 Å². The molecule has 0 fully saturated rings. The summed E-state index contributed by atoms with van der Waals surface area (Å²) >= 11 is 0. The number of hydrogen-bond donors (Lipinski definition) is 3. The third kappa shape index (κ3) is 57.4. The standard InChI is InChI=1S/C66H125NO5/c1-3-5-7-9-11-13-15-17-19-27-31-34-38-42-46-50-54-58-64(69)63(62-68)67-65(70)59-55-51-47-43-39-35-32-28-25-23-21-20-22-24-26-29-33-37-41-45-49-53-57-61-72-66(71)60-56-52-48-44-40-36-30-18-16-14-12-10-8-6-4-2/h18,20,22-23,25,30,63-64,68-69H,3-17,19,21,24,26-29,31-62H2,1-2H3,(H,67,70)/b22-20-,25-23-,30-18-. The van der Waals surface area contributed by atoms with Gasteiger partial charge < -0.3 is 20.3 Å². The molecule has 0 rings (SSSR count). The fraction of sp³-hybridized carbons (Fsp3) is 0.879. The number of aliphatic hydroxyl groups excluding tert-OH is 2. The third-order valence-electron chi connectivity index (χ3n) is 14.9. The van der Waals surface area contributed by atoms with Gasteiger partial charge in [0.25, 0.3) is 0 Å². The topological polar surface area (TPSA) is 95.9 Å². The molecule has 3 N–H and O–H groups in total. The van der Waals surface area contributed by atoms with Gasteiger partial charge in [-0.15, -0.1) is 0 Å². The van der Waals surface area contributed by atoms with Gasteiger partial charge in [-0.05, 0) is 83.5 Å². The normalized spacial score (nSPS) is 12.8. The second-order valence-corrected chi connectivity index (χ2v) is 22.1. The number of ether oxygens (including phenoxy) is 1. The van der Waals surface area contributed by atoms with E-state index in [1.165, 1.54) is 257 Å². The van der Waals surface area contributed by atoms with Gasteiger partial charge in [-0.25, -0.2) is 0 Å². The van der Waals surface area contributed by atoms with Crippen molar-refractivity contribution in [3.05, 3.63) is 36.5 Å². The molecule has 0 saturated heterocycles. The maximum Gasteiger partial charge on any atom is 0.305 e. The molecule has 0 saturated carbocycles. The second-order valence-electron chi connectivity index (χ2n) is 22.1. The number of carbonyl (C=O) groups excluding carboxylic acids is 2. The van der Waals surface area contributed by atoms with Crippen LogP contribution in [0.5, 0.6) is 0 Å². The Balaban J connectivity index is 3.45. The van der Waals surface area contributed by atoms with Crippen molar-refractivity contribution in [3.8, 4) is 0 Å². The molecule has 72 heavy (non-hydrogen) atoms. The number of nitrogens with one attached hydrogen (secondary N) is 1. The Morgan fingerprint density at radius 3 is 1.07 bits per heavy atom. The average molecular weight is 1010 g/mol. The summed E-state index contributed by atoms with van der Waals surface area (Å²) in [6.45, 7) is 4.95. The molecular formula is C66H125NO5. The second kappa shape index (κ2) is 61.6. The Morgan fingerprint density at radius 1 is 0.389 bits per heavy atom. The number of unbranched alkanes of at least 4 members (excludes halogenated alkanes) is 43. The highest BCUT2D eigenvalue weighted by Gasteiger charge is 2.20. The minimum absolute atomic E-state index is 0.000633. The average Bonchev–Trinajstić information content (AvgIpc) is 3.38. The van der Waals surface area contributed by atoms with Crippen LogP contribution in [0.1, 0.15) is 348 Å². The van der Waals surface area contributed by atoms with Crippen molar-refractivity contribution in [2.24, 2.45) is 0 Å². The lowest BCUT2D eigenvalue weighted by Gasteiger charge is -2.22. The summed E-state index contributed by atoms with van der Waals surface area (Å²) < 4.78 is 5.48. The molecule has 2 unspecified atom stereocenters. The maximum atomic E-state index is 12.5. The molecule has 6 heteroatoms. The van der Waals surface area contributed by atoms with Gasteiger partial charge in [0.2, 0.25) is 5.91 Å². The van der Waals surface area contributed by atoms with Gasteiger partial charge in [0.15, 0.2) is 0 Å². The summed E-state index contributed by atoms with van der Waals surface area (Å²) in [5.41, 5.74) is 0. The molecule has 1 amide bonds. The zero-order valence-electron chi connectivity index (χ0n) is 48.4. The molecule has 0 aromatic heterocycles. The van der Waals surface area contributed by atoms with Crippen LogP contribution < -0.4 is 5.32 Å². The predicted octanol–water partition coefficient (Wildman–Crippen LogP) is 20.4. The number of amides is 1. The van der Waals surface area contributed by atoms with E-state index in [4.69, 9.17) is 4.74 Å². The molecule has 2 atom stereocenters. The summed E-state index contributed by atoms with van der Waals surface area (Å²) in [6, 6.07) is -0.550. The Morgan fingerprint density at radius 2 is 0.694 bits per heavy atom. The lowest BCUT2D eigenvalue weighted by molar-refractivity contribution is -0.143. The van der Waals surface area contributed by atoms with Crippen molar-refractivity contribution >= 4 is 11.9 Å². The van der Waals surface area contributed by atoms with E-state index in [-0.39, 0.29) is 18.5 Å². The van der Waals surface area contributed by atoms with E-state index in [1.54, 1.807) is 0 Å². The van der Waals surface area contributed by atoms with Crippen molar-refractivity contribution in [2.75, 3.05) is 13.2 Å². The van der Waals surface area contributed by atoms with Gasteiger partial charge in [-0.3, -0.25) is 9.59 Å². The van der Waals surface area contributed by atoms with Gasteiger partial charge >= 0.3 is 5.97 Å². The van der Waals surface area contributed by atoms with Crippen LogP contribution in [0.4, 0.5) is 0 Å². The molecule has 0 bridgehead atoms. The summed E-state index contributed by atoms with van der Waals surface area (Å²) in [5, 5.41) is 23.3. The van der Waals surface area contributed by atoms with Crippen LogP contribution in [-0.2, 0) is 14.3 Å². The van der Waals surface area contributed by atoms with Crippen molar-refractivity contribution in [3.63, 3.8) is 0 Å². The predicted molar refractivity (Wildman–Crippen MR) is 315 cm³/mol. The number of rotatable bonds is 60. The molecule has 424 valence electrons. The Bertz CT molecular complexity index is 1170. The molecule has 0 aliphatic carbocycles. The van der Waals surface area contributed by atoms with Crippen molar-refractivity contribution in [1.29, 1.82) is 0 Å². The first kappa shape index (κ1) is 70.1. The monoisotopic (exact) mass is 1010 g/mol. The number of hydrogen-bond acceptors (Lipinski definition) is 5. The van der Waals surface area contributed by atoms with Crippen LogP contribution in [0.25, 0.3) is 0 Å². The van der Waals surface area contributed by atoms with Crippen molar-refractivity contribution in [2.45, 2.75) is 360 Å². The van der Waals surface area contributed by atoms with Crippen LogP contribution in [0, 0.1) is 0 Å². The molecular weight excluding hydrogens is 887 g/mol. The summed E-state index contributed by atoms with van der Waals surface area (Å²) in [6.07, 6.45) is 77.3. The maximum absolute atomic E-state index is 12.5. The van der Waals surface area contributed by atoms with Crippen LogP contribution in [0.2, 0.25) is 0 Å². The molecule has 0 aromatic rings. The van der Waals surface area contributed by atoms with Crippen LogP contribution in [-0.4, -0.2) is 47.4 Å².